The number of aromatic nitrogens is 1. The van der Waals surface area contributed by atoms with E-state index < -0.39 is 0 Å². The number of rotatable bonds is 2. The molecule has 2 rings (SSSR count). The first-order valence-electron chi connectivity index (χ1n) is 4.69. The fourth-order valence-electron chi connectivity index (χ4n) is 1.93. The van der Waals surface area contributed by atoms with Gasteiger partial charge in [-0.3, -0.25) is 4.98 Å². The quantitative estimate of drug-likeness (QED) is 0.650. The van der Waals surface area contributed by atoms with Crippen LogP contribution < -0.4 is 0 Å². The van der Waals surface area contributed by atoms with Gasteiger partial charge in [-0.2, -0.15) is 0 Å². The maximum absolute atomic E-state index is 4.14. The molecule has 0 N–H and O–H groups in total. The van der Waals surface area contributed by atoms with Crippen molar-refractivity contribution in [2.45, 2.75) is 26.2 Å². The smallest absolute Gasteiger partial charge is 0.0302 e. The number of hydrogen-bond donors (Lipinski definition) is 0. The predicted molar refractivity (Wildman–Crippen MR) is 49.9 cm³/mol. The van der Waals surface area contributed by atoms with E-state index in [1.807, 2.05) is 18.5 Å². The summed E-state index contributed by atoms with van der Waals surface area (Å²) in [5, 5.41) is 0. The summed E-state index contributed by atoms with van der Waals surface area (Å²) in [5.41, 5.74) is 1.43. The highest BCUT2D eigenvalue weighted by Crippen LogP contribution is 2.51. The molecule has 0 aliphatic heterocycles. The van der Waals surface area contributed by atoms with Gasteiger partial charge in [0, 0.05) is 12.4 Å². The van der Waals surface area contributed by atoms with Crippen LogP contribution in [0.1, 0.15) is 31.7 Å². The topological polar surface area (TPSA) is 12.9 Å². The van der Waals surface area contributed by atoms with Gasteiger partial charge < -0.3 is 0 Å². The second-order valence-corrected chi connectivity index (χ2v) is 4.04. The number of pyridine rings is 1. The molecule has 1 nitrogen and oxygen atoms in total. The molecule has 0 amide bonds. The van der Waals surface area contributed by atoms with Gasteiger partial charge in [-0.15, -0.1) is 0 Å². The van der Waals surface area contributed by atoms with Crippen molar-refractivity contribution in [3.05, 3.63) is 30.1 Å². The van der Waals surface area contributed by atoms with Crippen LogP contribution in [0.25, 0.3) is 0 Å². The fraction of sp³-hybridized carbons (Fsp3) is 0.545. The van der Waals surface area contributed by atoms with Crippen molar-refractivity contribution in [1.29, 1.82) is 0 Å². The van der Waals surface area contributed by atoms with Gasteiger partial charge in [-0.1, -0.05) is 19.9 Å². The summed E-state index contributed by atoms with van der Waals surface area (Å²) in [4.78, 5) is 4.14. The van der Waals surface area contributed by atoms with Gasteiger partial charge in [0.2, 0.25) is 0 Å². The average molecular weight is 161 g/mol. The molecular weight excluding hydrogens is 146 g/mol. The van der Waals surface area contributed by atoms with Crippen LogP contribution in [0, 0.1) is 11.8 Å². The maximum atomic E-state index is 4.14. The minimum atomic E-state index is 0.804. The number of nitrogens with zero attached hydrogens (tertiary/aromatic N) is 1. The van der Waals surface area contributed by atoms with E-state index in [-0.39, 0.29) is 0 Å². The van der Waals surface area contributed by atoms with Crippen molar-refractivity contribution >= 4 is 0 Å². The SMILES string of the molecule is CC(C)[C@H]1C[C@@H]1c1cccnc1. The summed E-state index contributed by atoms with van der Waals surface area (Å²) in [5.74, 6) is 2.54. The second kappa shape index (κ2) is 2.89. The van der Waals surface area contributed by atoms with E-state index in [0.29, 0.717) is 0 Å². The Morgan fingerprint density at radius 3 is 2.83 bits per heavy atom. The highest BCUT2D eigenvalue weighted by Gasteiger charge is 2.40. The van der Waals surface area contributed by atoms with Crippen LogP contribution in [0.4, 0.5) is 0 Å². The Morgan fingerprint density at radius 1 is 1.50 bits per heavy atom. The van der Waals surface area contributed by atoms with Crippen LogP contribution in [0.15, 0.2) is 24.5 Å². The molecule has 1 fully saturated rings. The molecule has 0 aromatic carbocycles. The summed E-state index contributed by atoms with van der Waals surface area (Å²) < 4.78 is 0. The van der Waals surface area contributed by atoms with E-state index >= 15 is 0 Å². The molecule has 0 radical (unpaired) electrons. The van der Waals surface area contributed by atoms with E-state index in [2.05, 4.69) is 24.9 Å². The van der Waals surface area contributed by atoms with Crippen LogP contribution in [-0.2, 0) is 0 Å². The Labute approximate surface area is 73.8 Å². The van der Waals surface area contributed by atoms with Crippen molar-refractivity contribution in [3.63, 3.8) is 0 Å². The molecule has 0 unspecified atom stereocenters. The fourth-order valence-corrected chi connectivity index (χ4v) is 1.93. The summed E-state index contributed by atoms with van der Waals surface area (Å²) in [6, 6.07) is 4.23. The summed E-state index contributed by atoms with van der Waals surface area (Å²) >= 11 is 0. The third-order valence-electron chi connectivity index (χ3n) is 2.81. The van der Waals surface area contributed by atoms with Crippen molar-refractivity contribution < 1.29 is 0 Å². The Morgan fingerprint density at radius 2 is 2.33 bits per heavy atom. The van der Waals surface area contributed by atoms with Crippen LogP contribution in [0.2, 0.25) is 0 Å². The third kappa shape index (κ3) is 1.36. The summed E-state index contributed by atoms with van der Waals surface area (Å²) in [6.45, 7) is 4.61. The van der Waals surface area contributed by atoms with E-state index in [1.54, 1.807) is 0 Å². The molecule has 1 aliphatic rings. The minimum absolute atomic E-state index is 0.804. The highest BCUT2D eigenvalue weighted by atomic mass is 14.6. The van der Waals surface area contributed by atoms with Gasteiger partial charge in [0.25, 0.3) is 0 Å². The molecule has 1 aromatic rings. The van der Waals surface area contributed by atoms with Crippen molar-refractivity contribution in [2.75, 3.05) is 0 Å². The Kier molecular flexibility index (Phi) is 1.87. The Hall–Kier alpha value is -0.850. The van der Waals surface area contributed by atoms with Crippen LogP contribution in [-0.4, -0.2) is 4.98 Å². The molecule has 1 saturated carbocycles. The maximum Gasteiger partial charge on any atom is 0.0302 e. The van der Waals surface area contributed by atoms with Gasteiger partial charge in [0.05, 0.1) is 0 Å². The minimum Gasteiger partial charge on any atom is -0.264 e. The molecule has 0 spiro atoms. The monoisotopic (exact) mass is 161 g/mol. The Balaban J connectivity index is 2.06. The molecule has 12 heavy (non-hydrogen) atoms. The van der Waals surface area contributed by atoms with Crippen molar-refractivity contribution in [1.82, 2.24) is 4.98 Å². The first-order chi connectivity index (χ1) is 5.79. The van der Waals surface area contributed by atoms with Gasteiger partial charge in [0.15, 0.2) is 0 Å². The summed E-state index contributed by atoms with van der Waals surface area (Å²) in [6.07, 6.45) is 5.21. The van der Waals surface area contributed by atoms with E-state index in [1.165, 1.54) is 12.0 Å². The Bertz CT molecular complexity index is 253. The molecule has 0 saturated heterocycles. The predicted octanol–water partition coefficient (Wildman–Crippen LogP) is 2.84. The van der Waals surface area contributed by atoms with Crippen LogP contribution in [0.5, 0.6) is 0 Å². The van der Waals surface area contributed by atoms with Gasteiger partial charge in [-0.25, -0.2) is 0 Å². The zero-order valence-corrected chi connectivity index (χ0v) is 7.70. The molecule has 0 bridgehead atoms. The number of hydrogen-bond acceptors (Lipinski definition) is 1. The van der Waals surface area contributed by atoms with Gasteiger partial charge >= 0.3 is 0 Å². The molecular formula is C11H15N. The third-order valence-corrected chi connectivity index (χ3v) is 2.81. The van der Waals surface area contributed by atoms with E-state index in [9.17, 15) is 0 Å². The van der Waals surface area contributed by atoms with Crippen molar-refractivity contribution in [3.8, 4) is 0 Å². The second-order valence-electron chi connectivity index (χ2n) is 4.04. The van der Waals surface area contributed by atoms with E-state index in [0.717, 1.165) is 17.8 Å². The molecule has 1 heterocycles. The highest BCUT2D eigenvalue weighted by molar-refractivity contribution is 5.22. The molecule has 2 atom stereocenters. The molecule has 1 heteroatoms. The summed E-state index contributed by atoms with van der Waals surface area (Å²) in [7, 11) is 0. The normalized spacial score (nSPS) is 27.6. The van der Waals surface area contributed by atoms with E-state index in [4.69, 9.17) is 0 Å². The largest absolute Gasteiger partial charge is 0.264 e. The van der Waals surface area contributed by atoms with Gasteiger partial charge in [0.1, 0.15) is 0 Å². The standard InChI is InChI=1S/C11H15N/c1-8(2)10-6-11(10)9-4-3-5-12-7-9/h3-5,7-8,10-11H,6H2,1-2H3/t10-,11-/m1/s1. The van der Waals surface area contributed by atoms with Crippen LogP contribution >= 0.6 is 0 Å². The van der Waals surface area contributed by atoms with Gasteiger partial charge in [-0.05, 0) is 35.8 Å². The zero-order chi connectivity index (χ0) is 8.55. The lowest BCUT2D eigenvalue weighted by Gasteiger charge is -2.02. The van der Waals surface area contributed by atoms with Crippen LogP contribution in [0.3, 0.4) is 0 Å². The lowest BCUT2D eigenvalue weighted by molar-refractivity contribution is 0.548. The lowest BCUT2D eigenvalue weighted by atomic mass is 10.0. The lowest BCUT2D eigenvalue weighted by Crippen LogP contribution is -1.92. The molecule has 64 valence electrons. The molecule has 1 aliphatic carbocycles. The first-order valence-corrected chi connectivity index (χ1v) is 4.69. The van der Waals surface area contributed by atoms with Crippen molar-refractivity contribution in [2.24, 2.45) is 11.8 Å². The average Bonchev–Trinajstić information content (AvgIpc) is 2.84. The first kappa shape index (κ1) is 7.78. The zero-order valence-electron chi connectivity index (χ0n) is 7.70. The molecule has 1 aromatic heterocycles.